The molecule has 0 amide bonds. The molecule has 0 aliphatic heterocycles. The average Bonchev–Trinajstić information content (AvgIpc) is 2.87. The van der Waals surface area contributed by atoms with Gasteiger partial charge in [0.2, 0.25) is 11.9 Å². The summed E-state index contributed by atoms with van der Waals surface area (Å²) in [5, 5.41) is 6.76. The van der Waals surface area contributed by atoms with Gasteiger partial charge in [-0.15, -0.1) is 5.10 Å². The third kappa shape index (κ3) is 2.16. The van der Waals surface area contributed by atoms with Crippen molar-refractivity contribution in [3.05, 3.63) is 0 Å². The second-order valence-corrected chi connectivity index (χ2v) is 3.91. The second-order valence-electron chi connectivity index (χ2n) is 3.91. The molecule has 5 heteroatoms. The van der Waals surface area contributed by atoms with Crippen molar-refractivity contribution in [1.29, 1.82) is 0 Å². The van der Waals surface area contributed by atoms with Crippen LogP contribution in [-0.4, -0.2) is 28.3 Å². The van der Waals surface area contributed by atoms with Gasteiger partial charge in [0.05, 0.1) is 0 Å². The van der Waals surface area contributed by atoms with Crippen molar-refractivity contribution in [3.8, 4) is 0 Å². The van der Waals surface area contributed by atoms with Crippen LogP contribution >= 0.6 is 0 Å². The summed E-state index contributed by atoms with van der Waals surface area (Å²) in [5.74, 6) is 1.99. The largest absolute Gasteiger partial charge is 0.368 e. The first kappa shape index (κ1) is 9.30. The van der Waals surface area contributed by atoms with E-state index < -0.39 is 0 Å². The maximum absolute atomic E-state index is 5.50. The van der Waals surface area contributed by atoms with Crippen LogP contribution in [0.2, 0.25) is 0 Å². The average molecular weight is 195 g/mol. The summed E-state index contributed by atoms with van der Waals surface area (Å²) in [6.45, 7) is 4.24. The first-order chi connectivity index (χ1) is 6.79. The highest BCUT2D eigenvalue weighted by atomic mass is 15.4. The Balaban J connectivity index is 2.00. The molecule has 1 saturated carbocycles. The molecule has 1 aromatic heterocycles. The number of H-pyrrole nitrogens is 1. The number of nitrogens with zero attached hydrogens (tertiary/aromatic N) is 3. The number of nitrogens with one attached hydrogen (secondary N) is 1. The van der Waals surface area contributed by atoms with Gasteiger partial charge in [0.1, 0.15) is 0 Å². The molecule has 0 unspecified atom stereocenters. The third-order valence-corrected chi connectivity index (χ3v) is 2.44. The number of hydrogen-bond acceptors (Lipinski definition) is 4. The van der Waals surface area contributed by atoms with Crippen LogP contribution in [0.4, 0.5) is 11.9 Å². The SMILES string of the molecule is CCCN(CC1CC1)c1n[nH]c(N)n1. The lowest BCUT2D eigenvalue weighted by atomic mass is 10.3. The van der Waals surface area contributed by atoms with Crippen molar-refractivity contribution >= 4 is 11.9 Å². The standard InChI is InChI=1S/C9H17N5/c1-2-5-14(6-7-3-4-7)9-11-8(10)12-13-9/h7H,2-6H2,1H3,(H3,10,11,12,13). The molecule has 0 spiro atoms. The van der Waals surface area contributed by atoms with Crippen LogP contribution in [0.1, 0.15) is 26.2 Å². The van der Waals surface area contributed by atoms with Gasteiger partial charge in [-0.1, -0.05) is 6.92 Å². The van der Waals surface area contributed by atoms with E-state index in [1.165, 1.54) is 12.8 Å². The lowest BCUT2D eigenvalue weighted by molar-refractivity contribution is 0.690. The van der Waals surface area contributed by atoms with Gasteiger partial charge in [-0.3, -0.25) is 0 Å². The number of rotatable bonds is 5. The summed E-state index contributed by atoms with van der Waals surface area (Å²) < 4.78 is 0. The van der Waals surface area contributed by atoms with Gasteiger partial charge in [0.15, 0.2) is 0 Å². The quantitative estimate of drug-likeness (QED) is 0.735. The lowest BCUT2D eigenvalue weighted by Crippen LogP contribution is -2.27. The second kappa shape index (κ2) is 3.86. The predicted octanol–water partition coefficient (Wildman–Crippen LogP) is 1.01. The van der Waals surface area contributed by atoms with E-state index in [1.807, 2.05) is 0 Å². The van der Waals surface area contributed by atoms with E-state index in [9.17, 15) is 0 Å². The Labute approximate surface area is 83.7 Å². The number of nitrogens with two attached hydrogens (primary N) is 1. The van der Waals surface area contributed by atoms with Gasteiger partial charge in [-0.2, -0.15) is 4.98 Å². The normalized spacial score (nSPS) is 15.8. The molecule has 0 bridgehead atoms. The maximum atomic E-state index is 5.50. The van der Waals surface area contributed by atoms with Crippen molar-refractivity contribution in [2.24, 2.45) is 5.92 Å². The van der Waals surface area contributed by atoms with E-state index >= 15 is 0 Å². The number of aromatic nitrogens is 3. The monoisotopic (exact) mass is 195 g/mol. The molecule has 1 fully saturated rings. The first-order valence-corrected chi connectivity index (χ1v) is 5.22. The molecule has 1 aliphatic rings. The fourth-order valence-corrected chi connectivity index (χ4v) is 1.56. The summed E-state index contributed by atoms with van der Waals surface area (Å²) in [6, 6.07) is 0. The Kier molecular flexibility index (Phi) is 2.56. The topological polar surface area (TPSA) is 70.8 Å². The molecule has 2 rings (SSSR count). The van der Waals surface area contributed by atoms with Crippen LogP contribution in [0.5, 0.6) is 0 Å². The summed E-state index contributed by atoms with van der Waals surface area (Å²) in [6.07, 6.45) is 3.81. The fraction of sp³-hybridized carbons (Fsp3) is 0.778. The zero-order chi connectivity index (χ0) is 9.97. The van der Waals surface area contributed by atoms with Gasteiger partial charge in [-0.25, -0.2) is 5.10 Å². The van der Waals surface area contributed by atoms with Crippen LogP contribution in [0.3, 0.4) is 0 Å². The minimum Gasteiger partial charge on any atom is -0.368 e. The number of anilines is 2. The van der Waals surface area contributed by atoms with Crippen LogP contribution in [0.15, 0.2) is 0 Å². The fourth-order valence-electron chi connectivity index (χ4n) is 1.56. The summed E-state index contributed by atoms with van der Waals surface area (Å²) in [4.78, 5) is 6.36. The van der Waals surface area contributed by atoms with E-state index in [-0.39, 0.29) is 0 Å². The minimum atomic E-state index is 0.400. The van der Waals surface area contributed by atoms with Crippen molar-refractivity contribution in [3.63, 3.8) is 0 Å². The van der Waals surface area contributed by atoms with E-state index in [2.05, 4.69) is 27.0 Å². The molecule has 5 nitrogen and oxygen atoms in total. The number of nitrogen functional groups attached to an aromatic ring is 1. The van der Waals surface area contributed by atoms with Gasteiger partial charge in [0, 0.05) is 13.1 Å². The van der Waals surface area contributed by atoms with Gasteiger partial charge in [0.25, 0.3) is 0 Å². The lowest BCUT2D eigenvalue weighted by Gasteiger charge is -2.19. The van der Waals surface area contributed by atoms with Crippen molar-refractivity contribution in [2.45, 2.75) is 26.2 Å². The van der Waals surface area contributed by atoms with Crippen molar-refractivity contribution in [2.75, 3.05) is 23.7 Å². The predicted molar refractivity (Wildman–Crippen MR) is 56.0 cm³/mol. The molecule has 78 valence electrons. The van der Waals surface area contributed by atoms with E-state index in [4.69, 9.17) is 5.73 Å². The van der Waals surface area contributed by atoms with Crippen LogP contribution in [-0.2, 0) is 0 Å². The highest BCUT2D eigenvalue weighted by Gasteiger charge is 2.25. The smallest absolute Gasteiger partial charge is 0.246 e. The van der Waals surface area contributed by atoms with Crippen LogP contribution in [0.25, 0.3) is 0 Å². The summed E-state index contributed by atoms with van der Waals surface area (Å²) in [7, 11) is 0. The zero-order valence-corrected chi connectivity index (χ0v) is 8.53. The van der Waals surface area contributed by atoms with E-state index in [0.717, 1.165) is 31.4 Å². The molecule has 1 heterocycles. The molecule has 14 heavy (non-hydrogen) atoms. The molecule has 0 aromatic carbocycles. The van der Waals surface area contributed by atoms with Crippen molar-refractivity contribution < 1.29 is 0 Å². The highest BCUT2D eigenvalue weighted by Crippen LogP contribution is 2.30. The molecular formula is C9H17N5. The summed E-state index contributed by atoms with van der Waals surface area (Å²) >= 11 is 0. The van der Waals surface area contributed by atoms with Crippen molar-refractivity contribution in [1.82, 2.24) is 15.2 Å². The number of hydrogen-bond donors (Lipinski definition) is 2. The Morgan fingerprint density at radius 3 is 2.86 bits per heavy atom. The Bertz CT molecular complexity index is 291. The molecular weight excluding hydrogens is 178 g/mol. The summed E-state index contributed by atoms with van der Waals surface area (Å²) in [5.41, 5.74) is 5.50. The molecule has 0 saturated heterocycles. The molecule has 1 aromatic rings. The molecule has 0 radical (unpaired) electrons. The number of aromatic amines is 1. The van der Waals surface area contributed by atoms with Crippen LogP contribution < -0.4 is 10.6 Å². The molecule has 3 N–H and O–H groups in total. The Morgan fingerprint density at radius 2 is 2.36 bits per heavy atom. The van der Waals surface area contributed by atoms with Crippen LogP contribution in [0, 0.1) is 5.92 Å². The zero-order valence-electron chi connectivity index (χ0n) is 8.53. The Morgan fingerprint density at radius 1 is 1.57 bits per heavy atom. The van der Waals surface area contributed by atoms with Gasteiger partial charge >= 0.3 is 0 Å². The first-order valence-electron chi connectivity index (χ1n) is 5.22. The van der Waals surface area contributed by atoms with Gasteiger partial charge < -0.3 is 10.6 Å². The van der Waals surface area contributed by atoms with E-state index in [0.29, 0.717) is 5.95 Å². The Hall–Kier alpha value is -1.26. The molecule has 0 atom stereocenters. The third-order valence-electron chi connectivity index (χ3n) is 2.44. The minimum absolute atomic E-state index is 0.400. The van der Waals surface area contributed by atoms with Gasteiger partial charge in [-0.05, 0) is 25.2 Å². The maximum Gasteiger partial charge on any atom is 0.246 e. The van der Waals surface area contributed by atoms with E-state index in [1.54, 1.807) is 0 Å². The highest BCUT2D eigenvalue weighted by molar-refractivity contribution is 5.33. The molecule has 1 aliphatic carbocycles.